The van der Waals surface area contributed by atoms with E-state index >= 15 is 0 Å². The molecule has 1 N–H and O–H groups in total. The molecule has 0 aromatic heterocycles. The van der Waals surface area contributed by atoms with Crippen LogP contribution in [-0.4, -0.2) is 30.8 Å². The van der Waals surface area contributed by atoms with Crippen molar-refractivity contribution in [2.45, 2.75) is 31.9 Å². The summed E-state index contributed by atoms with van der Waals surface area (Å²) in [4.78, 5) is 12.0. The molecule has 1 aliphatic heterocycles. The van der Waals surface area contributed by atoms with Crippen LogP contribution in [0, 0.1) is 18.8 Å². The van der Waals surface area contributed by atoms with Crippen LogP contribution in [0.4, 0.5) is 5.69 Å². The Labute approximate surface area is 124 Å². The van der Waals surface area contributed by atoms with Crippen molar-refractivity contribution in [2.24, 2.45) is 0 Å². The van der Waals surface area contributed by atoms with Gasteiger partial charge < -0.3 is 5.11 Å². The van der Waals surface area contributed by atoms with Crippen molar-refractivity contribution in [3.63, 3.8) is 0 Å². The third-order valence-corrected chi connectivity index (χ3v) is 5.82. The third kappa shape index (κ3) is 2.33. The van der Waals surface area contributed by atoms with Crippen LogP contribution < -0.4 is 4.31 Å². The van der Waals surface area contributed by atoms with Crippen LogP contribution in [0.3, 0.4) is 0 Å². The number of aliphatic hydroxyl groups is 1. The Kier molecular flexibility index (Phi) is 3.83. The van der Waals surface area contributed by atoms with Crippen LogP contribution in [0.25, 0.3) is 0 Å². The van der Waals surface area contributed by atoms with Crippen molar-refractivity contribution in [3.8, 4) is 11.8 Å². The molecule has 1 heterocycles. The van der Waals surface area contributed by atoms with E-state index in [2.05, 4.69) is 11.8 Å². The number of sulfonamides is 1. The van der Waals surface area contributed by atoms with E-state index in [1.807, 2.05) is 6.92 Å². The molecule has 1 fully saturated rings. The average Bonchev–Trinajstić information content (AvgIpc) is 2.42. The van der Waals surface area contributed by atoms with Crippen molar-refractivity contribution >= 4 is 21.6 Å². The Hall–Kier alpha value is -1.84. The zero-order chi connectivity index (χ0) is 15.8. The van der Waals surface area contributed by atoms with Crippen molar-refractivity contribution < 1.29 is 18.3 Å². The SMILES string of the molecule is Cc1ccc(N2C(=O)C(C)(C)S2(=O)=O)cc1C#CCCO. The Balaban J connectivity index is 2.42. The highest BCUT2D eigenvalue weighted by Gasteiger charge is 2.60. The monoisotopic (exact) mass is 307 g/mol. The number of carbonyl (C=O) groups is 1. The number of nitrogens with zero attached hydrogens (tertiary/aromatic N) is 1. The number of carbonyl (C=O) groups excluding carboxylic acids is 1. The molecule has 2 rings (SSSR count). The van der Waals surface area contributed by atoms with Gasteiger partial charge in [0.25, 0.3) is 15.9 Å². The molecule has 1 amide bonds. The van der Waals surface area contributed by atoms with Crippen molar-refractivity contribution in [1.82, 2.24) is 0 Å². The van der Waals surface area contributed by atoms with Crippen LogP contribution in [0.15, 0.2) is 18.2 Å². The zero-order valence-electron chi connectivity index (χ0n) is 12.2. The minimum Gasteiger partial charge on any atom is -0.395 e. The second kappa shape index (κ2) is 5.17. The topological polar surface area (TPSA) is 74.7 Å². The van der Waals surface area contributed by atoms with Gasteiger partial charge in [-0.2, -0.15) is 0 Å². The molecule has 0 unspecified atom stereocenters. The maximum absolute atomic E-state index is 12.2. The van der Waals surface area contributed by atoms with Gasteiger partial charge in [0, 0.05) is 12.0 Å². The maximum Gasteiger partial charge on any atom is 0.263 e. The molecule has 0 atom stereocenters. The molecular weight excluding hydrogens is 290 g/mol. The molecule has 0 radical (unpaired) electrons. The van der Waals surface area contributed by atoms with Crippen LogP contribution >= 0.6 is 0 Å². The van der Waals surface area contributed by atoms with Crippen LogP contribution in [0.2, 0.25) is 0 Å². The Morgan fingerprint density at radius 3 is 2.57 bits per heavy atom. The quantitative estimate of drug-likeness (QED) is 0.833. The van der Waals surface area contributed by atoms with Gasteiger partial charge >= 0.3 is 0 Å². The smallest absolute Gasteiger partial charge is 0.263 e. The fourth-order valence-corrected chi connectivity index (χ4v) is 3.47. The van der Waals surface area contributed by atoms with Crippen LogP contribution in [0.1, 0.15) is 31.4 Å². The van der Waals surface area contributed by atoms with Crippen molar-refractivity contribution in [1.29, 1.82) is 0 Å². The fourth-order valence-electron chi connectivity index (χ4n) is 1.99. The molecule has 6 heteroatoms. The van der Waals surface area contributed by atoms with Gasteiger partial charge in [0.1, 0.15) is 0 Å². The predicted octanol–water partition coefficient (Wildman–Crippen LogP) is 1.18. The highest BCUT2D eigenvalue weighted by Crippen LogP contribution is 2.39. The van der Waals surface area contributed by atoms with E-state index in [0.29, 0.717) is 17.7 Å². The molecule has 1 saturated heterocycles. The van der Waals surface area contributed by atoms with E-state index < -0.39 is 20.7 Å². The van der Waals surface area contributed by atoms with E-state index in [9.17, 15) is 13.2 Å². The third-order valence-electron chi connectivity index (χ3n) is 3.50. The first-order valence-corrected chi connectivity index (χ1v) is 7.97. The Morgan fingerprint density at radius 1 is 1.33 bits per heavy atom. The van der Waals surface area contributed by atoms with Crippen molar-refractivity contribution in [2.75, 3.05) is 10.9 Å². The number of amides is 1. The summed E-state index contributed by atoms with van der Waals surface area (Å²) in [5.41, 5.74) is 1.83. The van der Waals surface area contributed by atoms with Gasteiger partial charge in [-0.05, 0) is 38.5 Å². The van der Waals surface area contributed by atoms with E-state index in [0.717, 1.165) is 9.87 Å². The second-order valence-corrected chi connectivity index (χ2v) is 7.70. The van der Waals surface area contributed by atoms with Gasteiger partial charge in [0.2, 0.25) is 0 Å². The Bertz CT molecular complexity index is 754. The van der Waals surface area contributed by atoms with Crippen molar-refractivity contribution in [3.05, 3.63) is 29.3 Å². The summed E-state index contributed by atoms with van der Waals surface area (Å²) in [5.74, 6) is 5.22. The average molecular weight is 307 g/mol. The fraction of sp³-hybridized carbons (Fsp3) is 0.400. The summed E-state index contributed by atoms with van der Waals surface area (Å²) >= 11 is 0. The predicted molar refractivity (Wildman–Crippen MR) is 80.2 cm³/mol. The first-order valence-electron chi connectivity index (χ1n) is 6.53. The lowest BCUT2D eigenvalue weighted by Crippen LogP contribution is -2.67. The van der Waals surface area contributed by atoms with E-state index in [-0.39, 0.29) is 6.61 Å². The van der Waals surface area contributed by atoms with E-state index in [1.165, 1.54) is 13.8 Å². The maximum atomic E-state index is 12.2. The lowest BCUT2D eigenvalue weighted by atomic mass is 10.1. The van der Waals surface area contributed by atoms with Gasteiger partial charge in [-0.15, -0.1) is 0 Å². The molecule has 0 saturated carbocycles. The molecule has 1 aromatic carbocycles. The van der Waals surface area contributed by atoms with Gasteiger partial charge in [-0.3, -0.25) is 4.79 Å². The number of aliphatic hydroxyl groups excluding tert-OH is 1. The first kappa shape index (κ1) is 15.5. The molecule has 0 spiro atoms. The summed E-state index contributed by atoms with van der Waals surface area (Å²) in [6.45, 7) is 4.62. The number of rotatable bonds is 2. The van der Waals surface area contributed by atoms with Gasteiger partial charge in [-0.1, -0.05) is 17.9 Å². The number of anilines is 1. The highest BCUT2D eigenvalue weighted by atomic mass is 32.2. The van der Waals surface area contributed by atoms with Gasteiger partial charge in [0.05, 0.1) is 12.3 Å². The molecule has 112 valence electrons. The van der Waals surface area contributed by atoms with Gasteiger partial charge in [-0.25, -0.2) is 12.7 Å². The number of hydrogen-bond donors (Lipinski definition) is 1. The summed E-state index contributed by atoms with van der Waals surface area (Å²) < 4.78 is 23.8. The Morgan fingerprint density at radius 2 is 2.00 bits per heavy atom. The lowest BCUT2D eigenvalue weighted by molar-refractivity contribution is -0.120. The number of aryl methyl sites for hydroxylation is 1. The summed E-state index contributed by atoms with van der Waals surface area (Å²) in [7, 11) is -3.66. The van der Waals surface area contributed by atoms with Gasteiger partial charge in [0.15, 0.2) is 4.75 Å². The zero-order valence-corrected chi connectivity index (χ0v) is 13.0. The summed E-state index contributed by atoms with van der Waals surface area (Å²) in [6.07, 6.45) is 0.345. The first-order chi connectivity index (χ1) is 9.73. The summed E-state index contributed by atoms with van der Waals surface area (Å²) in [6, 6.07) is 4.91. The normalized spacial score (nSPS) is 18.7. The summed E-state index contributed by atoms with van der Waals surface area (Å²) in [5, 5.41) is 8.73. The largest absolute Gasteiger partial charge is 0.395 e. The van der Waals surface area contributed by atoms with E-state index in [1.54, 1.807) is 18.2 Å². The van der Waals surface area contributed by atoms with E-state index in [4.69, 9.17) is 5.11 Å². The number of hydrogen-bond acceptors (Lipinski definition) is 4. The molecular formula is C15H17NO4S. The van der Waals surface area contributed by atoms with Crippen LogP contribution in [0.5, 0.6) is 0 Å². The standard InChI is InChI=1S/C15H17NO4S/c1-11-7-8-13(10-12(11)6-4-5-9-17)16-14(18)15(2,3)21(16,19)20/h7-8,10,17H,5,9H2,1-3H3. The molecule has 0 bridgehead atoms. The minimum absolute atomic E-state index is 0.0289. The minimum atomic E-state index is -3.66. The molecule has 5 nitrogen and oxygen atoms in total. The van der Waals surface area contributed by atoms with Crippen LogP contribution in [-0.2, 0) is 14.8 Å². The molecule has 1 aliphatic rings. The number of benzene rings is 1. The lowest BCUT2D eigenvalue weighted by Gasteiger charge is -2.42. The second-order valence-electron chi connectivity index (χ2n) is 5.36. The highest BCUT2D eigenvalue weighted by molar-refractivity contribution is 7.98. The molecule has 0 aliphatic carbocycles. The molecule has 1 aromatic rings. The molecule has 21 heavy (non-hydrogen) atoms.